The highest BCUT2D eigenvalue weighted by molar-refractivity contribution is 5.81. The minimum absolute atomic E-state index is 0.0255. The summed E-state index contributed by atoms with van der Waals surface area (Å²) < 4.78 is 4.68. The molecular formula is C10H12N2O4. The molecule has 0 aliphatic rings. The second-order valence-corrected chi connectivity index (χ2v) is 3.31. The molecule has 0 aromatic carbocycles. The predicted molar refractivity (Wildman–Crippen MR) is 56.2 cm³/mol. The molecule has 0 N–H and O–H groups in total. The van der Waals surface area contributed by atoms with Gasteiger partial charge in [0.1, 0.15) is 12.3 Å². The number of aromatic nitrogens is 1. The maximum Gasteiger partial charge on any atom is 0.290 e. The molecule has 16 heavy (non-hydrogen) atoms. The van der Waals surface area contributed by atoms with Gasteiger partial charge in [-0.25, -0.2) is 0 Å². The van der Waals surface area contributed by atoms with Crippen LogP contribution in [0.5, 0.6) is 0 Å². The van der Waals surface area contributed by atoms with Gasteiger partial charge in [-0.15, -0.1) is 0 Å². The molecule has 0 bridgehead atoms. The van der Waals surface area contributed by atoms with Gasteiger partial charge in [-0.05, 0) is 13.0 Å². The number of rotatable bonds is 5. The molecule has 6 heteroatoms. The van der Waals surface area contributed by atoms with Crippen molar-refractivity contribution in [1.29, 1.82) is 0 Å². The Hall–Kier alpha value is -1.82. The van der Waals surface area contributed by atoms with Gasteiger partial charge in [-0.1, -0.05) is 0 Å². The van der Waals surface area contributed by atoms with E-state index >= 15 is 0 Å². The maximum absolute atomic E-state index is 11.2. The number of nitrogens with zero attached hydrogens (tertiary/aromatic N) is 2. The van der Waals surface area contributed by atoms with Crippen molar-refractivity contribution in [2.24, 2.45) is 0 Å². The van der Waals surface area contributed by atoms with Crippen LogP contribution in [-0.4, -0.2) is 29.4 Å². The lowest BCUT2D eigenvalue weighted by Gasteiger charge is -2.01. The van der Waals surface area contributed by atoms with E-state index in [1.165, 1.54) is 19.2 Å². The largest absolute Gasteiger partial charge is 0.377 e. The Morgan fingerprint density at radius 2 is 2.25 bits per heavy atom. The molecule has 0 unspecified atom stereocenters. The number of aryl methyl sites for hydroxylation is 1. The first kappa shape index (κ1) is 12.3. The Bertz CT molecular complexity index is 417. The fraction of sp³-hybridized carbons (Fsp3) is 0.400. The fourth-order valence-electron chi connectivity index (χ4n) is 1.31. The molecule has 0 atom stereocenters. The number of ether oxygens (including phenoxy) is 1. The van der Waals surface area contributed by atoms with Crippen molar-refractivity contribution in [3.8, 4) is 0 Å². The van der Waals surface area contributed by atoms with E-state index in [1.807, 2.05) is 0 Å². The lowest BCUT2D eigenvalue weighted by atomic mass is 10.2. The molecular weight excluding hydrogens is 212 g/mol. The van der Waals surface area contributed by atoms with Gasteiger partial charge in [-0.3, -0.25) is 19.9 Å². The van der Waals surface area contributed by atoms with Crippen LogP contribution in [0.1, 0.15) is 11.4 Å². The molecule has 0 spiro atoms. The second-order valence-electron chi connectivity index (χ2n) is 3.31. The van der Waals surface area contributed by atoms with Crippen molar-refractivity contribution in [3.63, 3.8) is 0 Å². The first-order valence-corrected chi connectivity index (χ1v) is 4.66. The van der Waals surface area contributed by atoms with Crippen molar-refractivity contribution < 1.29 is 14.5 Å². The number of carbonyl (C=O) groups excluding carboxylic acids is 1. The average molecular weight is 224 g/mol. The third-order valence-corrected chi connectivity index (χ3v) is 2.00. The van der Waals surface area contributed by atoms with Gasteiger partial charge >= 0.3 is 0 Å². The topological polar surface area (TPSA) is 82.3 Å². The van der Waals surface area contributed by atoms with E-state index in [9.17, 15) is 14.9 Å². The number of hydrogen-bond acceptors (Lipinski definition) is 5. The zero-order chi connectivity index (χ0) is 12.1. The number of hydrogen-bond donors (Lipinski definition) is 0. The summed E-state index contributed by atoms with van der Waals surface area (Å²) in [6, 6.07) is 2.84. The molecule has 0 fully saturated rings. The minimum Gasteiger partial charge on any atom is -0.377 e. The van der Waals surface area contributed by atoms with Gasteiger partial charge in [0.05, 0.1) is 11.3 Å². The summed E-state index contributed by atoms with van der Waals surface area (Å²) in [6.45, 7) is 1.57. The summed E-state index contributed by atoms with van der Waals surface area (Å²) in [5.74, 6) is -0.108. The molecule has 1 aromatic rings. The van der Waals surface area contributed by atoms with Crippen molar-refractivity contribution in [2.45, 2.75) is 13.3 Å². The van der Waals surface area contributed by atoms with Crippen molar-refractivity contribution in [1.82, 2.24) is 4.98 Å². The molecule has 1 aromatic heterocycles. The Morgan fingerprint density at radius 1 is 1.56 bits per heavy atom. The number of pyridine rings is 1. The summed E-state index contributed by atoms with van der Waals surface area (Å²) in [5, 5.41) is 10.5. The highest BCUT2D eigenvalue weighted by Crippen LogP contribution is 2.15. The normalized spacial score (nSPS) is 10.1. The molecule has 0 saturated carbocycles. The van der Waals surface area contributed by atoms with Crippen LogP contribution in [0, 0.1) is 17.0 Å². The third kappa shape index (κ3) is 3.09. The van der Waals surface area contributed by atoms with Crippen LogP contribution < -0.4 is 0 Å². The third-order valence-electron chi connectivity index (χ3n) is 2.00. The predicted octanol–water partition coefficient (Wildman–Crippen LogP) is 1.06. The van der Waals surface area contributed by atoms with Gasteiger partial charge in [0, 0.05) is 18.9 Å². The van der Waals surface area contributed by atoms with Crippen LogP contribution in [0.4, 0.5) is 5.69 Å². The Kier molecular flexibility index (Phi) is 4.07. The van der Waals surface area contributed by atoms with Crippen LogP contribution >= 0.6 is 0 Å². The number of ketones is 1. The lowest BCUT2D eigenvalue weighted by molar-refractivity contribution is -0.385. The van der Waals surface area contributed by atoms with Gasteiger partial charge in [0.15, 0.2) is 5.78 Å². The van der Waals surface area contributed by atoms with E-state index in [0.29, 0.717) is 11.4 Å². The Labute approximate surface area is 92.4 Å². The molecule has 1 heterocycles. The number of methoxy groups -OCH3 is 1. The smallest absolute Gasteiger partial charge is 0.290 e. The van der Waals surface area contributed by atoms with Crippen molar-refractivity contribution in [2.75, 3.05) is 13.7 Å². The quantitative estimate of drug-likeness (QED) is 0.551. The number of carbonyl (C=O) groups is 1. The van der Waals surface area contributed by atoms with Crippen molar-refractivity contribution in [3.05, 3.63) is 33.6 Å². The number of Topliss-reactive ketones (excluding diaryl/α,β-unsaturated/α-hetero) is 1. The van der Waals surface area contributed by atoms with Crippen LogP contribution in [0.2, 0.25) is 0 Å². The minimum atomic E-state index is -0.497. The lowest BCUT2D eigenvalue weighted by Crippen LogP contribution is -2.11. The monoisotopic (exact) mass is 224 g/mol. The van der Waals surface area contributed by atoms with Crippen LogP contribution in [-0.2, 0) is 16.0 Å². The van der Waals surface area contributed by atoms with E-state index in [-0.39, 0.29) is 24.5 Å². The van der Waals surface area contributed by atoms with Gasteiger partial charge < -0.3 is 4.74 Å². The van der Waals surface area contributed by atoms with Crippen LogP contribution in [0.3, 0.4) is 0 Å². The first-order valence-electron chi connectivity index (χ1n) is 4.66. The first-order chi connectivity index (χ1) is 7.54. The van der Waals surface area contributed by atoms with E-state index in [4.69, 9.17) is 0 Å². The second kappa shape index (κ2) is 5.32. The van der Waals surface area contributed by atoms with Crippen molar-refractivity contribution >= 4 is 11.5 Å². The molecule has 0 aliphatic carbocycles. The zero-order valence-corrected chi connectivity index (χ0v) is 9.10. The average Bonchev–Trinajstić information content (AvgIpc) is 2.17. The zero-order valence-electron chi connectivity index (χ0n) is 9.10. The molecule has 0 radical (unpaired) electrons. The molecule has 0 saturated heterocycles. The summed E-state index contributed by atoms with van der Waals surface area (Å²) in [5.41, 5.74) is 0.792. The van der Waals surface area contributed by atoms with Crippen LogP contribution in [0.25, 0.3) is 0 Å². The summed E-state index contributed by atoms with van der Waals surface area (Å²) in [7, 11) is 1.44. The highest BCUT2D eigenvalue weighted by Gasteiger charge is 2.13. The number of nitro groups is 1. The SMILES string of the molecule is COCC(=O)Cc1ccc([N+](=O)[O-])c(C)n1. The summed E-state index contributed by atoms with van der Waals surface area (Å²) in [6.07, 6.45) is 0.132. The maximum atomic E-state index is 11.2. The highest BCUT2D eigenvalue weighted by atomic mass is 16.6. The Balaban J connectivity index is 2.81. The summed E-state index contributed by atoms with van der Waals surface area (Å²) in [4.78, 5) is 25.3. The van der Waals surface area contributed by atoms with E-state index in [0.717, 1.165) is 0 Å². The molecule has 6 nitrogen and oxygen atoms in total. The van der Waals surface area contributed by atoms with Crippen LogP contribution in [0.15, 0.2) is 12.1 Å². The van der Waals surface area contributed by atoms with E-state index < -0.39 is 4.92 Å². The standard InChI is InChI=1S/C10H12N2O4/c1-7-10(12(14)15)4-3-8(11-7)5-9(13)6-16-2/h3-4H,5-6H2,1-2H3. The van der Waals surface area contributed by atoms with Gasteiger partial charge in [0.2, 0.25) is 0 Å². The molecule has 86 valence electrons. The van der Waals surface area contributed by atoms with E-state index in [1.54, 1.807) is 6.92 Å². The van der Waals surface area contributed by atoms with Gasteiger partial charge in [-0.2, -0.15) is 0 Å². The fourth-order valence-corrected chi connectivity index (χ4v) is 1.31. The van der Waals surface area contributed by atoms with E-state index in [2.05, 4.69) is 9.72 Å². The molecule has 0 amide bonds. The van der Waals surface area contributed by atoms with Gasteiger partial charge in [0.25, 0.3) is 5.69 Å². The summed E-state index contributed by atoms with van der Waals surface area (Å²) >= 11 is 0. The molecule has 1 rings (SSSR count). The Morgan fingerprint density at radius 3 is 2.75 bits per heavy atom. The molecule has 0 aliphatic heterocycles.